The van der Waals surface area contributed by atoms with Crippen LogP contribution in [0.3, 0.4) is 0 Å². The number of piperazine rings is 1. The Morgan fingerprint density at radius 3 is 2.65 bits per heavy atom. The first-order chi connectivity index (χ1) is 12.5. The lowest BCUT2D eigenvalue weighted by molar-refractivity contribution is 0.0182. The maximum Gasteiger partial charge on any atom is 0.407 e. The van der Waals surface area contributed by atoms with Crippen molar-refractivity contribution in [3.8, 4) is 5.75 Å². The number of likely N-dealkylation sites (tertiary alicyclic amines) is 1. The monoisotopic (exact) mass is 444 g/mol. The highest BCUT2D eigenvalue weighted by atomic mass is 79.9. The van der Waals surface area contributed by atoms with Gasteiger partial charge in [-0.05, 0) is 28.1 Å². The van der Waals surface area contributed by atoms with E-state index in [0.29, 0.717) is 29.9 Å². The molecule has 2 saturated heterocycles. The fourth-order valence-corrected chi connectivity index (χ4v) is 3.62. The molecule has 0 atom stereocenters. The maximum atomic E-state index is 10.8. The number of nitrogens with one attached hydrogen (secondary N) is 1. The molecule has 26 heavy (non-hydrogen) atoms. The first kappa shape index (κ1) is 19.1. The average molecular weight is 446 g/mol. The standard InChI is InChI=1S/C17H22BrClN4O3/c1-26-16-8-13(18)14(19)9-15(16)20-2-3-21-4-6-22(7-5-21)12-10-23(11-12)17(24)25/h2-3,8-9,12,20H,4-7,10-11H2,1H3,(H,24,25). The molecule has 0 bridgehead atoms. The second-order valence-electron chi connectivity index (χ2n) is 6.34. The summed E-state index contributed by atoms with van der Waals surface area (Å²) in [6.07, 6.45) is 3.09. The van der Waals surface area contributed by atoms with Crippen LogP contribution in [0.1, 0.15) is 0 Å². The van der Waals surface area contributed by atoms with Crippen LogP contribution in [0.25, 0.3) is 0 Å². The zero-order valence-corrected chi connectivity index (χ0v) is 16.8. The van der Waals surface area contributed by atoms with Gasteiger partial charge in [-0.2, -0.15) is 0 Å². The second-order valence-corrected chi connectivity index (χ2v) is 7.60. The number of nitrogens with zero attached hydrogens (tertiary/aromatic N) is 3. The number of carboxylic acid groups (broad SMARTS) is 1. The Balaban J connectivity index is 1.46. The van der Waals surface area contributed by atoms with Crippen LogP contribution >= 0.6 is 27.5 Å². The summed E-state index contributed by atoms with van der Waals surface area (Å²) < 4.78 is 6.15. The highest BCUT2D eigenvalue weighted by Crippen LogP contribution is 2.34. The van der Waals surface area contributed by atoms with Gasteiger partial charge in [0.25, 0.3) is 0 Å². The van der Waals surface area contributed by atoms with Crippen LogP contribution in [-0.2, 0) is 0 Å². The van der Waals surface area contributed by atoms with Gasteiger partial charge in [0.15, 0.2) is 0 Å². The van der Waals surface area contributed by atoms with Crippen molar-refractivity contribution < 1.29 is 14.6 Å². The molecule has 2 fully saturated rings. The molecule has 1 amide bonds. The van der Waals surface area contributed by atoms with E-state index in [9.17, 15) is 4.79 Å². The molecular weight excluding hydrogens is 424 g/mol. The maximum absolute atomic E-state index is 10.8. The molecule has 0 radical (unpaired) electrons. The topological polar surface area (TPSA) is 68.3 Å². The highest BCUT2D eigenvalue weighted by Gasteiger charge is 2.35. The Morgan fingerprint density at radius 1 is 1.35 bits per heavy atom. The van der Waals surface area contributed by atoms with Crippen LogP contribution in [-0.4, -0.2) is 78.3 Å². The summed E-state index contributed by atoms with van der Waals surface area (Å²) in [5, 5.41) is 12.7. The van der Waals surface area contributed by atoms with Crippen LogP contribution in [0.5, 0.6) is 5.75 Å². The van der Waals surface area contributed by atoms with Crippen LogP contribution < -0.4 is 10.1 Å². The van der Waals surface area contributed by atoms with Crippen molar-refractivity contribution in [2.24, 2.45) is 0 Å². The smallest absolute Gasteiger partial charge is 0.407 e. The number of rotatable bonds is 5. The lowest BCUT2D eigenvalue weighted by Crippen LogP contribution is -2.63. The van der Waals surface area contributed by atoms with Crippen LogP contribution in [0, 0.1) is 0 Å². The minimum Gasteiger partial charge on any atom is -0.495 e. The Bertz CT molecular complexity index is 689. The van der Waals surface area contributed by atoms with E-state index in [1.54, 1.807) is 7.11 Å². The Labute approximate surface area is 166 Å². The normalized spacial score (nSPS) is 18.9. The van der Waals surface area contributed by atoms with Crippen LogP contribution in [0.4, 0.5) is 10.5 Å². The molecule has 2 heterocycles. The van der Waals surface area contributed by atoms with Gasteiger partial charge in [0.1, 0.15) is 5.75 Å². The Hall–Kier alpha value is -1.64. The number of halogens is 2. The van der Waals surface area contributed by atoms with Crippen molar-refractivity contribution in [3.63, 3.8) is 0 Å². The zero-order valence-electron chi connectivity index (χ0n) is 14.5. The molecule has 2 aliphatic heterocycles. The van der Waals surface area contributed by atoms with E-state index in [1.165, 1.54) is 4.90 Å². The summed E-state index contributed by atoms with van der Waals surface area (Å²) in [4.78, 5) is 16.9. The molecule has 0 spiro atoms. The summed E-state index contributed by atoms with van der Waals surface area (Å²) in [5.41, 5.74) is 0.804. The molecule has 2 aliphatic rings. The largest absolute Gasteiger partial charge is 0.495 e. The third kappa shape index (κ3) is 4.36. The fraction of sp³-hybridized carbons (Fsp3) is 0.471. The predicted molar refractivity (Wildman–Crippen MR) is 105 cm³/mol. The van der Waals surface area contributed by atoms with Gasteiger partial charge in [0.05, 0.1) is 17.8 Å². The van der Waals surface area contributed by atoms with Crippen LogP contribution in [0.2, 0.25) is 5.02 Å². The predicted octanol–water partition coefficient (Wildman–Crippen LogP) is 2.97. The number of anilines is 1. The number of hydrogen-bond acceptors (Lipinski definition) is 5. The van der Waals surface area contributed by atoms with Crippen molar-refractivity contribution >= 4 is 39.3 Å². The summed E-state index contributed by atoms with van der Waals surface area (Å²) in [6.45, 7) is 4.96. The molecule has 9 heteroatoms. The molecule has 1 aromatic rings. The van der Waals surface area contributed by atoms with Crippen molar-refractivity contribution in [2.45, 2.75) is 6.04 Å². The number of amides is 1. The van der Waals surface area contributed by atoms with E-state index in [4.69, 9.17) is 21.4 Å². The zero-order chi connectivity index (χ0) is 18.7. The fourth-order valence-electron chi connectivity index (χ4n) is 3.14. The molecule has 142 valence electrons. The summed E-state index contributed by atoms with van der Waals surface area (Å²) in [7, 11) is 1.62. The first-order valence-corrected chi connectivity index (χ1v) is 9.57. The number of methoxy groups -OCH3 is 1. The lowest BCUT2D eigenvalue weighted by atomic mass is 10.1. The Kier molecular flexibility index (Phi) is 6.16. The molecule has 2 N–H and O–H groups in total. The van der Waals surface area contributed by atoms with E-state index in [-0.39, 0.29) is 0 Å². The summed E-state index contributed by atoms with van der Waals surface area (Å²) in [6, 6.07) is 4.01. The molecular formula is C17H22BrClN4O3. The SMILES string of the molecule is COc1cc(Br)c(Cl)cc1NC=CN1CCN(C2CN(C(=O)O)C2)CC1. The quantitative estimate of drug-likeness (QED) is 0.726. The van der Waals surface area contributed by atoms with E-state index >= 15 is 0 Å². The third-order valence-electron chi connectivity index (χ3n) is 4.76. The average Bonchev–Trinajstić information content (AvgIpc) is 2.57. The van der Waals surface area contributed by atoms with Gasteiger partial charge in [0, 0.05) is 62.2 Å². The molecule has 0 aromatic heterocycles. The second kappa shape index (κ2) is 8.37. The molecule has 7 nitrogen and oxygen atoms in total. The van der Waals surface area contributed by atoms with E-state index < -0.39 is 6.09 Å². The van der Waals surface area contributed by atoms with Gasteiger partial charge in [-0.25, -0.2) is 4.79 Å². The molecule has 3 rings (SSSR count). The van der Waals surface area contributed by atoms with Gasteiger partial charge in [0.2, 0.25) is 0 Å². The molecule has 0 unspecified atom stereocenters. The Morgan fingerprint density at radius 2 is 2.04 bits per heavy atom. The van der Waals surface area contributed by atoms with E-state index in [1.807, 2.05) is 24.5 Å². The van der Waals surface area contributed by atoms with Gasteiger partial charge in [-0.1, -0.05) is 11.6 Å². The van der Waals surface area contributed by atoms with Crippen molar-refractivity contribution in [3.05, 3.63) is 34.0 Å². The lowest BCUT2D eigenvalue weighted by Gasteiger charge is -2.46. The number of hydrogen-bond donors (Lipinski definition) is 2. The molecule has 0 aliphatic carbocycles. The molecule has 0 saturated carbocycles. The van der Waals surface area contributed by atoms with Gasteiger partial charge >= 0.3 is 6.09 Å². The van der Waals surface area contributed by atoms with Crippen LogP contribution in [0.15, 0.2) is 29.0 Å². The minimum absolute atomic E-state index is 0.365. The van der Waals surface area contributed by atoms with Gasteiger partial charge in [-0.3, -0.25) is 4.90 Å². The highest BCUT2D eigenvalue weighted by molar-refractivity contribution is 9.10. The number of ether oxygens (including phenoxy) is 1. The summed E-state index contributed by atoms with van der Waals surface area (Å²) >= 11 is 9.53. The molecule has 1 aromatic carbocycles. The third-order valence-corrected chi connectivity index (χ3v) is 5.96. The number of benzene rings is 1. The first-order valence-electron chi connectivity index (χ1n) is 8.40. The van der Waals surface area contributed by atoms with Crippen molar-refractivity contribution in [2.75, 3.05) is 51.7 Å². The number of carbonyl (C=O) groups is 1. The van der Waals surface area contributed by atoms with Crippen molar-refractivity contribution in [1.29, 1.82) is 0 Å². The minimum atomic E-state index is -0.822. The summed E-state index contributed by atoms with van der Waals surface area (Å²) in [5.74, 6) is 0.712. The van der Waals surface area contributed by atoms with Gasteiger partial charge < -0.3 is 25.0 Å². The van der Waals surface area contributed by atoms with E-state index in [0.717, 1.165) is 36.3 Å². The van der Waals surface area contributed by atoms with Gasteiger partial charge in [-0.15, -0.1) is 0 Å². The van der Waals surface area contributed by atoms with Crippen molar-refractivity contribution in [1.82, 2.24) is 14.7 Å². The van der Waals surface area contributed by atoms with E-state index in [2.05, 4.69) is 31.0 Å².